The predicted octanol–water partition coefficient (Wildman–Crippen LogP) is 2.89. The lowest BCUT2D eigenvalue weighted by Crippen LogP contribution is -2.27. The van der Waals surface area contributed by atoms with Crippen molar-refractivity contribution in [3.63, 3.8) is 0 Å². The van der Waals surface area contributed by atoms with Gasteiger partial charge in [0.15, 0.2) is 5.16 Å². The van der Waals surface area contributed by atoms with Crippen LogP contribution in [-0.2, 0) is 22.4 Å². The molecule has 1 amide bonds. The molecule has 0 radical (unpaired) electrons. The minimum Gasteiger partial charge on any atom is -0.379 e. The molecule has 2 N–H and O–H groups in total. The first-order valence-electron chi connectivity index (χ1n) is 9.10. The predicted molar refractivity (Wildman–Crippen MR) is 106 cm³/mol. The van der Waals surface area contributed by atoms with E-state index in [0.717, 1.165) is 35.9 Å². The molecular formula is C18H25N3O3S2. The smallest absolute Gasteiger partial charge is 0.260 e. The lowest BCUT2D eigenvalue weighted by atomic mass is 9.97. The van der Waals surface area contributed by atoms with Crippen molar-refractivity contribution in [3.8, 4) is 0 Å². The van der Waals surface area contributed by atoms with Gasteiger partial charge in [-0.25, -0.2) is 4.98 Å². The first-order valence-corrected chi connectivity index (χ1v) is 10.9. The molecule has 8 heteroatoms. The van der Waals surface area contributed by atoms with Crippen LogP contribution in [0.3, 0.4) is 0 Å². The third-order valence-electron chi connectivity index (χ3n) is 4.24. The zero-order valence-corrected chi connectivity index (χ0v) is 16.9. The lowest BCUT2D eigenvalue weighted by Gasteiger charge is -2.09. The number of thiophene rings is 1. The van der Waals surface area contributed by atoms with Crippen LogP contribution in [-0.4, -0.2) is 40.9 Å². The maximum absolute atomic E-state index is 12.5. The van der Waals surface area contributed by atoms with E-state index in [1.54, 1.807) is 11.3 Å². The van der Waals surface area contributed by atoms with Crippen LogP contribution in [0.15, 0.2) is 9.95 Å². The molecule has 2 aromatic rings. The van der Waals surface area contributed by atoms with Crippen molar-refractivity contribution in [2.45, 2.75) is 57.2 Å². The third-order valence-corrected chi connectivity index (χ3v) is 6.30. The molecule has 0 bridgehead atoms. The number of H-pyrrole nitrogens is 1. The average molecular weight is 396 g/mol. The first-order chi connectivity index (χ1) is 12.5. The number of hydrogen-bond acceptors (Lipinski definition) is 6. The Morgan fingerprint density at radius 3 is 3.00 bits per heavy atom. The number of ether oxygens (including phenoxy) is 1. The Bertz CT molecular complexity index is 829. The van der Waals surface area contributed by atoms with Crippen LogP contribution in [0.4, 0.5) is 0 Å². The van der Waals surface area contributed by atoms with Gasteiger partial charge < -0.3 is 15.0 Å². The second-order valence-corrected chi connectivity index (χ2v) is 8.72. The Morgan fingerprint density at radius 1 is 1.38 bits per heavy atom. The second kappa shape index (κ2) is 9.01. The number of aromatic nitrogens is 2. The summed E-state index contributed by atoms with van der Waals surface area (Å²) in [5.74, 6) is 0.178. The second-order valence-electron chi connectivity index (χ2n) is 6.67. The van der Waals surface area contributed by atoms with E-state index < -0.39 is 0 Å². The molecule has 0 atom stereocenters. The highest BCUT2D eigenvalue weighted by atomic mass is 32.2. The van der Waals surface area contributed by atoms with Gasteiger partial charge in [-0.3, -0.25) is 9.59 Å². The molecule has 3 rings (SSSR count). The molecule has 0 fully saturated rings. The number of aromatic amines is 1. The number of fused-ring (bicyclic) bond motifs is 3. The van der Waals surface area contributed by atoms with Gasteiger partial charge in [-0.2, -0.15) is 0 Å². The van der Waals surface area contributed by atoms with E-state index in [1.807, 2.05) is 13.8 Å². The first kappa shape index (κ1) is 19.4. The fourth-order valence-corrected chi connectivity index (χ4v) is 5.03. The Labute approximate surface area is 161 Å². The molecule has 2 aromatic heterocycles. The number of thioether (sulfide) groups is 1. The summed E-state index contributed by atoms with van der Waals surface area (Å²) < 4.78 is 5.44. The monoisotopic (exact) mass is 395 g/mol. The van der Waals surface area contributed by atoms with Crippen LogP contribution in [0.1, 0.15) is 43.6 Å². The highest BCUT2D eigenvalue weighted by molar-refractivity contribution is 7.99. The van der Waals surface area contributed by atoms with Crippen LogP contribution >= 0.6 is 23.1 Å². The van der Waals surface area contributed by atoms with Gasteiger partial charge in [-0.1, -0.05) is 11.8 Å². The maximum Gasteiger partial charge on any atom is 0.260 e. The third kappa shape index (κ3) is 4.86. The van der Waals surface area contributed by atoms with Crippen LogP contribution < -0.4 is 10.9 Å². The average Bonchev–Trinajstić information content (AvgIpc) is 2.98. The molecular weight excluding hydrogens is 370 g/mol. The molecule has 0 aromatic carbocycles. The molecule has 0 unspecified atom stereocenters. The van der Waals surface area contributed by atoms with E-state index in [1.165, 1.54) is 28.6 Å². The van der Waals surface area contributed by atoms with Gasteiger partial charge in [0, 0.05) is 18.0 Å². The molecule has 142 valence electrons. The molecule has 26 heavy (non-hydrogen) atoms. The van der Waals surface area contributed by atoms with E-state index in [9.17, 15) is 9.59 Å². The van der Waals surface area contributed by atoms with Gasteiger partial charge in [0.05, 0.1) is 17.2 Å². The van der Waals surface area contributed by atoms with E-state index >= 15 is 0 Å². The van der Waals surface area contributed by atoms with Crippen molar-refractivity contribution in [3.05, 3.63) is 20.8 Å². The molecule has 1 aliphatic carbocycles. The van der Waals surface area contributed by atoms with Crippen molar-refractivity contribution >= 4 is 39.2 Å². The Morgan fingerprint density at radius 2 is 2.19 bits per heavy atom. The van der Waals surface area contributed by atoms with Gasteiger partial charge in [0.25, 0.3) is 5.56 Å². The summed E-state index contributed by atoms with van der Waals surface area (Å²) in [6.07, 6.45) is 5.33. The highest BCUT2D eigenvalue weighted by Gasteiger charge is 2.20. The number of carbonyl (C=O) groups is 1. The summed E-state index contributed by atoms with van der Waals surface area (Å²) in [6.45, 7) is 5.21. The fourth-order valence-electron chi connectivity index (χ4n) is 3.02. The summed E-state index contributed by atoms with van der Waals surface area (Å²) >= 11 is 2.89. The topological polar surface area (TPSA) is 84.1 Å². The standard InChI is InChI=1S/C18H25N3O3S2/c1-11(2)24-9-5-8-19-14(22)10-25-18-20-16(23)15-12-6-3-4-7-13(12)26-17(15)21-18/h11H,3-10H2,1-2H3,(H,19,22)(H,20,21,23). The quantitative estimate of drug-likeness (QED) is 0.408. The molecule has 6 nitrogen and oxygen atoms in total. The number of nitrogens with zero attached hydrogens (tertiary/aromatic N) is 1. The zero-order valence-electron chi connectivity index (χ0n) is 15.2. The van der Waals surface area contributed by atoms with E-state index in [0.29, 0.717) is 18.3 Å². The van der Waals surface area contributed by atoms with Crippen molar-refractivity contribution in [1.82, 2.24) is 15.3 Å². The minimum atomic E-state index is -0.0804. The van der Waals surface area contributed by atoms with Gasteiger partial charge >= 0.3 is 0 Å². The Hall–Kier alpha value is -1.38. The number of carbonyl (C=O) groups excluding carboxylic acids is 1. The van der Waals surface area contributed by atoms with Crippen molar-refractivity contribution in [2.75, 3.05) is 18.9 Å². The summed E-state index contributed by atoms with van der Waals surface area (Å²) in [5, 5.41) is 4.13. The van der Waals surface area contributed by atoms with Crippen LogP contribution in [0.25, 0.3) is 10.2 Å². The van der Waals surface area contributed by atoms with E-state index in [2.05, 4.69) is 15.3 Å². The van der Waals surface area contributed by atoms with Crippen molar-refractivity contribution in [2.24, 2.45) is 0 Å². The molecule has 0 aliphatic heterocycles. The fraction of sp³-hybridized carbons (Fsp3) is 0.611. The largest absolute Gasteiger partial charge is 0.379 e. The molecule has 0 spiro atoms. The van der Waals surface area contributed by atoms with E-state index in [4.69, 9.17) is 4.74 Å². The maximum atomic E-state index is 12.5. The number of aryl methyl sites for hydroxylation is 2. The summed E-state index contributed by atoms with van der Waals surface area (Å²) in [5.41, 5.74) is 1.10. The van der Waals surface area contributed by atoms with Gasteiger partial charge in [0.2, 0.25) is 5.91 Å². The highest BCUT2D eigenvalue weighted by Crippen LogP contribution is 2.34. The van der Waals surface area contributed by atoms with Crippen molar-refractivity contribution in [1.29, 1.82) is 0 Å². The van der Waals surface area contributed by atoms with Crippen LogP contribution in [0, 0.1) is 0 Å². The van der Waals surface area contributed by atoms with E-state index in [-0.39, 0.29) is 23.3 Å². The Balaban J connectivity index is 1.54. The summed E-state index contributed by atoms with van der Waals surface area (Å²) in [6, 6.07) is 0. The van der Waals surface area contributed by atoms with Crippen molar-refractivity contribution < 1.29 is 9.53 Å². The number of nitrogens with one attached hydrogen (secondary N) is 2. The number of rotatable bonds is 8. The molecule has 0 saturated heterocycles. The van der Waals surface area contributed by atoms with Gasteiger partial charge in [-0.15, -0.1) is 11.3 Å². The molecule has 1 aliphatic rings. The summed E-state index contributed by atoms with van der Waals surface area (Å²) in [7, 11) is 0. The Kier molecular flexibility index (Phi) is 6.72. The zero-order chi connectivity index (χ0) is 18.5. The normalized spacial score (nSPS) is 14.0. The lowest BCUT2D eigenvalue weighted by molar-refractivity contribution is -0.118. The van der Waals surface area contributed by atoms with Crippen LogP contribution in [0.2, 0.25) is 0 Å². The molecule has 2 heterocycles. The number of amides is 1. The SMILES string of the molecule is CC(C)OCCCNC(=O)CSc1nc2sc3c(c2c(=O)[nH]1)CCCC3. The minimum absolute atomic E-state index is 0.0623. The number of hydrogen-bond donors (Lipinski definition) is 2. The summed E-state index contributed by atoms with van der Waals surface area (Å²) in [4.78, 5) is 33.9. The van der Waals surface area contributed by atoms with Gasteiger partial charge in [-0.05, 0) is 51.5 Å². The van der Waals surface area contributed by atoms with Gasteiger partial charge in [0.1, 0.15) is 4.83 Å². The molecule has 0 saturated carbocycles. The van der Waals surface area contributed by atoms with Crippen LogP contribution in [0.5, 0.6) is 0 Å².